The number of hydrogen-bond acceptors (Lipinski definition) is 5. The summed E-state index contributed by atoms with van der Waals surface area (Å²) < 4.78 is 0. The lowest BCUT2D eigenvalue weighted by molar-refractivity contribution is -0.119. The van der Waals surface area contributed by atoms with Crippen molar-refractivity contribution in [3.8, 4) is 22.5 Å². The van der Waals surface area contributed by atoms with Gasteiger partial charge in [-0.05, 0) is 53.3 Å². The maximum atomic E-state index is 12.9. The molecule has 7 nitrogen and oxygen atoms in total. The van der Waals surface area contributed by atoms with Gasteiger partial charge in [-0.25, -0.2) is 0 Å². The number of benzene rings is 2. The van der Waals surface area contributed by atoms with E-state index in [4.69, 9.17) is 4.98 Å². The Morgan fingerprint density at radius 2 is 1.79 bits per heavy atom. The number of pyridine rings is 1. The van der Waals surface area contributed by atoms with Crippen LogP contribution in [-0.2, 0) is 24.2 Å². The summed E-state index contributed by atoms with van der Waals surface area (Å²) in [5.41, 5.74) is 8.43. The number of fused-ring (bicyclic) bond motifs is 1. The maximum Gasteiger partial charge on any atom is 0.227 e. The molecule has 1 aliphatic heterocycles. The molecule has 1 N–H and O–H groups in total. The number of amides is 1. The minimum absolute atomic E-state index is 0. The molecule has 3 heterocycles. The van der Waals surface area contributed by atoms with Crippen molar-refractivity contribution in [1.82, 2.24) is 25.6 Å². The van der Waals surface area contributed by atoms with E-state index in [-0.39, 0.29) is 18.3 Å². The van der Waals surface area contributed by atoms with Crippen molar-refractivity contribution in [3.05, 3.63) is 77.1 Å². The van der Waals surface area contributed by atoms with Gasteiger partial charge in [0.15, 0.2) is 0 Å². The molecule has 5 rings (SSSR count). The highest BCUT2D eigenvalue weighted by Crippen LogP contribution is 2.33. The number of anilines is 1. The molecule has 1 amide bonds. The lowest BCUT2D eigenvalue weighted by atomic mass is 9.96. The minimum atomic E-state index is 0. The monoisotopic (exact) mass is 474 g/mol. The summed E-state index contributed by atoms with van der Waals surface area (Å²) in [6.45, 7) is 4.76. The van der Waals surface area contributed by atoms with Crippen LogP contribution in [0, 0.1) is 6.92 Å². The van der Waals surface area contributed by atoms with Crippen LogP contribution in [0.1, 0.15) is 42.3 Å². The molecule has 2 aromatic heterocycles. The van der Waals surface area contributed by atoms with E-state index in [0.717, 1.165) is 58.6 Å². The van der Waals surface area contributed by atoms with Crippen molar-refractivity contribution < 1.29 is 4.79 Å². The third-order valence-electron chi connectivity index (χ3n) is 6.17. The zero-order valence-electron chi connectivity index (χ0n) is 19.3. The van der Waals surface area contributed by atoms with Crippen LogP contribution in [0.2, 0.25) is 0 Å². The highest BCUT2D eigenvalue weighted by molar-refractivity contribution is 5.96. The number of H-pyrrole nitrogens is 1. The van der Waals surface area contributed by atoms with Gasteiger partial charge in [-0.2, -0.15) is 5.21 Å². The molecule has 0 unspecified atom stereocenters. The van der Waals surface area contributed by atoms with Crippen molar-refractivity contribution in [1.29, 1.82) is 0 Å². The summed E-state index contributed by atoms with van der Waals surface area (Å²) in [6.07, 6.45) is 3.25. The van der Waals surface area contributed by atoms with Crippen LogP contribution in [0.3, 0.4) is 0 Å². The molecule has 0 saturated heterocycles. The normalized spacial score (nSPS) is 12.9. The molecular formula is C26H27ClN6O. The number of tetrazole rings is 1. The number of aryl methyl sites for hydroxylation is 2. The molecule has 0 bridgehead atoms. The van der Waals surface area contributed by atoms with Crippen molar-refractivity contribution in [3.63, 3.8) is 0 Å². The first kappa shape index (κ1) is 23.6. The summed E-state index contributed by atoms with van der Waals surface area (Å²) in [4.78, 5) is 19.6. The topological polar surface area (TPSA) is 87.7 Å². The molecule has 0 radical (unpaired) electrons. The highest BCUT2D eigenvalue weighted by Gasteiger charge is 2.26. The summed E-state index contributed by atoms with van der Waals surface area (Å²) in [7, 11) is 0. The first-order chi connectivity index (χ1) is 16.1. The number of aromatic nitrogens is 5. The fourth-order valence-electron chi connectivity index (χ4n) is 4.53. The lowest BCUT2D eigenvalue weighted by Gasteiger charge is -2.31. The van der Waals surface area contributed by atoms with E-state index in [9.17, 15) is 4.79 Å². The largest absolute Gasteiger partial charge is 0.308 e. The number of nitrogens with one attached hydrogen (secondary N) is 1. The van der Waals surface area contributed by atoms with Gasteiger partial charge < -0.3 is 4.90 Å². The van der Waals surface area contributed by atoms with Gasteiger partial charge in [0.2, 0.25) is 11.7 Å². The Morgan fingerprint density at radius 3 is 2.50 bits per heavy atom. The van der Waals surface area contributed by atoms with Crippen LogP contribution in [0.4, 0.5) is 5.69 Å². The number of hydrogen-bond donors (Lipinski definition) is 1. The van der Waals surface area contributed by atoms with Gasteiger partial charge >= 0.3 is 0 Å². The number of carbonyl (C=O) groups is 1. The van der Waals surface area contributed by atoms with E-state index < -0.39 is 0 Å². The smallest absolute Gasteiger partial charge is 0.227 e. The van der Waals surface area contributed by atoms with Gasteiger partial charge in [-0.3, -0.25) is 9.78 Å². The summed E-state index contributed by atoms with van der Waals surface area (Å²) in [5, 5.41) is 14.5. The second kappa shape index (κ2) is 10.1. The number of carbonyl (C=O) groups excluding carboxylic acids is 1. The van der Waals surface area contributed by atoms with E-state index in [0.29, 0.717) is 18.8 Å². The van der Waals surface area contributed by atoms with Crippen molar-refractivity contribution >= 4 is 24.0 Å². The summed E-state index contributed by atoms with van der Waals surface area (Å²) >= 11 is 0. The number of aromatic amines is 1. The van der Waals surface area contributed by atoms with Gasteiger partial charge in [-0.1, -0.05) is 61.9 Å². The van der Waals surface area contributed by atoms with E-state index in [1.807, 2.05) is 23.1 Å². The molecule has 0 saturated carbocycles. The Labute approximate surface area is 205 Å². The van der Waals surface area contributed by atoms with Crippen LogP contribution in [-0.4, -0.2) is 31.5 Å². The molecule has 0 atom stereocenters. The third-order valence-corrected chi connectivity index (χ3v) is 6.17. The molecule has 4 aromatic rings. The maximum absolute atomic E-state index is 12.9. The SMILES string of the molecule is CCCc1cc2c(c(C)n1)CCC(=O)N2Cc1ccc(-c2ccccc2-c2nn[nH]n2)cc1.Cl. The number of rotatable bonds is 6. The van der Waals surface area contributed by atoms with Crippen LogP contribution in [0.5, 0.6) is 0 Å². The standard InChI is InChI=1S/C26H26N6O.ClH/c1-3-6-20-15-24-21(17(2)27-20)13-14-25(33)32(24)16-18-9-11-19(12-10-18)22-7-4-5-8-23(22)26-28-30-31-29-26;/h4-5,7-12,15H,3,6,13-14,16H2,1-2H3,(H,28,29,30,31);1H. The fourth-order valence-corrected chi connectivity index (χ4v) is 4.53. The summed E-state index contributed by atoms with van der Waals surface area (Å²) in [5.74, 6) is 0.735. The highest BCUT2D eigenvalue weighted by atomic mass is 35.5. The van der Waals surface area contributed by atoms with Crippen LogP contribution >= 0.6 is 12.4 Å². The van der Waals surface area contributed by atoms with Crippen LogP contribution < -0.4 is 4.90 Å². The zero-order valence-corrected chi connectivity index (χ0v) is 20.1. The quantitative estimate of drug-likeness (QED) is 0.420. The summed E-state index contributed by atoms with van der Waals surface area (Å²) in [6, 6.07) is 18.5. The first-order valence-corrected chi connectivity index (χ1v) is 11.4. The lowest BCUT2D eigenvalue weighted by Crippen LogP contribution is -2.35. The second-order valence-corrected chi connectivity index (χ2v) is 8.40. The van der Waals surface area contributed by atoms with Gasteiger partial charge in [0.25, 0.3) is 0 Å². The zero-order chi connectivity index (χ0) is 22.8. The molecular weight excluding hydrogens is 448 g/mol. The molecule has 8 heteroatoms. The first-order valence-electron chi connectivity index (χ1n) is 11.4. The van der Waals surface area contributed by atoms with E-state index in [2.05, 4.69) is 70.9 Å². The van der Waals surface area contributed by atoms with Crippen molar-refractivity contribution in [2.75, 3.05) is 4.90 Å². The Balaban J connectivity index is 0.00000274. The van der Waals surface area contributed by atoms with Crippen LogP contribution in [0.25, 0.3) is 22.5 Å². The minimum Gasteiger partial charge on any atom is -0.308 e. The molecule has 0 spiro atoms. The Hall–Kier alpha value is -3.58. The van der Waals surface area contributed by atoms with Crippen molar-refractivity contribution in [2.45, 2.75) is 46.1 Å². The van der Waals surface area contributed by atoms with Gasteiger partial charge in [-0.15, -0.1) is 22.6 Å². The van der Waals surface area contributed by atoms with E-state index in [1.54, 1.807) is 0 Å². The molecule has 0 aliphatic carbocycles. The second-order valence-electron chi connectivity index (χ2n) is 8.40. The predicted molar refractivity (Wildman–Crippen MR) is 135 cm³/mol. The molecule has 1 aliphatic rings. The number of nitrogens with zero attached hydrogens (tertiary/aromatic N) is 5. The fraction of sp³-hybridized carbons (Fsp3) is 0.269. The van der Waals surface area contributed by atoms with Gasteiger partial charge in [0.1, 0.15) is 0 Å². The molecule has 174 valence electrons. The molecule has 34 heavy (non-hydrogen) atoms. The van der Waals surface area contributed by atoms with E-state index in [1.165, 1.54) is 5.56 Å². The Morgan fingerprint density at radius 1 is 1.03 bits per heavy atom. The van der Waals surface area contributed by atoms with E-state index >= 15 is 0 Å². The predicted octanol–water partition coefficient (Wildman–Crippen LogP) is 5.09. The van der Waals surface area contributed by atoms with Crippen LogP contribution in [0.15, 0.2) is 54.6 Å². The third kappa shape index (κ3) is 4.56. The Kier molecular flexibility index (Phi) is 7.03. The van der Waals surface area contributed by atoms with Gasteiger partial charge in [0.05, 0.1) is 12.2 Å². The van der Waals surface area contributed by atoms with Crippen molar-refractivity contribution in [2.24, 2.45) is 0 Å². The van der Waals surface area contributed by atoms with Gasteiger partial charge in [0, 0.05) is 23.4 Å². The number of halogens is 1. The average molecular weight is 475 g/mol. The molecule has 0 fully saturated rings. The average Bonchev–Trinajstić information content (AvgIpc) is 3.37. The Bertz CT molecular complexity index is 1290. The molecule has 2 aromatic carbocycles.